The molecule has 0 aromatic carbocycles. The fourth-order valence-corrected chi connectivity index (χ4v) is 3.17. The normalized spacial score (nSPS) is 20.6. The lowest BCUT2D eigenvalue weighted by Gasteiger charge is -2.27. The number of hydrogen-bond acceptors (Lipinski definition) is 3. The van der Waals surface area contributed by atoms with Crippen LogP contribution in [0, 0.1) is 6.92 Å². The first kappa shape index (κ1) is 12.9. The summed E-state index contributed by atoms with van der Waals surface area (Å²) in [5, 5.41) is 0. The number of aryl methyl sites for hydroxylation is 1. The minimum Gasteiger partial charge on any atom is -0.379 e. The molecule has 0 radical (unpaired) electrons. The van der Waals surface area contributed by atoms with Crippen molar-refractivity contribution in [3.05, 3.63) is 23.0 Å². The fraction of sp³-hybridized carbons (Fsp3) is 0.667. The summed E-state index contributed by atoms with van der Waals surface area (Å²) in [6, 6.07) is 2.08. The molecule has 3 rings (SSSR count). The molecule has 4 heteroatoms. The van der Waals surface area contributed by atoms with Crippen LogP contribution in [0.3, 0.4) is 0 Å². The maximum Gasteiger partial charge on any atom is 0.164 e. The standard InChI is InChI=1S/C15H22N2O2/c1-12-11-13-14(3-2-4-15(13)18)17(12)6-5-16-7-9-19-10-8-16/h11H,2-10H2,1H3. The summed E-state index contributed by atoms with van der Waals surface area (Å²) >= 11 is 0. The minimum absolute atomic E-state index is 0.328. The maximum atomic E-state index is 11.9. The van der Waals surface area contributed by atoms with Gasteiger partial charge >= 0.3 is 0 Å². The third kappa shape index (κ3) is 2.60. The van der Waals surface area contributed by atoms with Crippen molar-refractivity contribution in [2.24, 2.45) is 0 Å². The molecule has 0 bridgehead atoms. The molecule has 0 amide bonds. The SMILES string of the molecule is Cc1cc2c(n1CCN1CCOCC1)CCCC2=O. The number of carbonyl (C=O) groups excluding carboxylic acids is 1. The number of nitrogens with zero attached hydrogens (tertiary/aromatic N) is 2. The van der Waals surface area contributed by atoms with E-state index in [2.05, 4.69) is 22.5 Å². The smallest absolute Gasteiger partial charge is 0.164 e. The molecule has 1 fully saturated rings. The van der Waals surface area contributed by atoms with Crippen LogP contribution >= 0.6 is 0 Å². The van der Waals surface area contributed by atoms with Gasteiger partial charge in [0, 0.05) is 49.6 Å². The summed E-state index contributed by atoms with van der Waals surface area (Å²) in [6.07, 6.45) is 2.78. The summed E-state index contributed by atoms with van der Waals surface area (Å²) in [4.78, 5) is 14.4. The number of ether oxygens (including phenoxy) is 1. The molecule has 1 aromatic rings. The first-order chi connectivity index (χ1) is 9.25. The zero-order valence-corrected chi connectivity index (χ0v) is 11.7. The number of hydrogen-bond donors (Lipinski definition) is 0. The van der Waals surface area contributed by atoms with E-state index in [9.17, 15) is 4.79 Å². The molecule has 1 aliphatic carbocycles. The average molecular weight is 262 g/mol. The van der Waals surface area contributed by atoms with E-state index in [0.29, 0.717) is 5.78 Å². The minimum atomic E-state index is 0.328. The second-order valence-corrected chi connectivity index (χ2v) is 5.53. The zero-order valence-electron chi connectivity index (χ0n) is 11.7. The van der Waals surface area contributed by atoms with Crippen LogP contribution in [0.5, 0.6) is 0 Å². The first-order valence-electron chi connectivity index (χ1n) is 7.28. The summed E-state index contributed by atoms with van der Waals surface area (Å²) in [5.41, 5.74) is 3.47. The highest BCUT2D eigenvalue weighted by Crippen LogP contribution is 2.24. The first-order valence-corrected chi connectivity index (χ1v) is 7.28. The van der Waals surface area contributed by atoms with Gasteiger partial charge < -0.3 is 9.30 Å². The van der Waals surface area contributed by atoms with Gasteiger partial charge in [-0.2, -0.15) is 0 Å². The van der Waals surface area contributed by atoms with Gasteiger partial charge in [0.1, 0.15) is 0 Å². The lowest BCUT2D eigenvalue weighted by Crippen LogP contribution is -2.38. The number of Topliss-reactive ketones (excluding diaryl/α,β-unsaturated/α-hetero) is 1. The molecule has 19 heavy (non-hydrogen) atoms. The molecule has 1 aromatic heterocycles. The second kappa shape index (κ2) is 5.47. The van der Waals surface area contributed by atoms with Crippen LogP contribution in [0.15, 0.2) is 6.07 Å². The van der Waals surface area contributed by atoms with Crippen LogP contribution in [0.25, 0.3) is 0 Å². The number of carbonyl (C=O) groups is 1. The van der Waals surface area contributed by atoms with Gasteiger partial charge in [-0.1, -0.05) is 0 Å². The molecule has 4 nitrogen and oxygen atoms in total. The van der Waals surface area contributed by atoms with E-state index in [1.54, 1.807) is 0 Å². The Kier molecular flexibility index (Phi) is 3.71. The van der Waals surface area contributed by atoms with Crippen molar-refractivity contribution >= 4 is 5.78 Å². The predicted molar refractivity (Wildman–Crippen MR) is 73.7 cm³/mol. The van der Waals surface area contributed by atoms with Crippen LogP contribution in [-0.2, 0) is 17.7 Å². The Labute approximate surface area is 114 Å². The van der Waals surface area contributed by atoms with Gasteiger partial charge in [0.05, 0.1) is 13.2 Å². The molecule has 2 aliphatic rings. The Bertz CT molecular complexity index is 473. The second-order valence-electron chi connectivity index (χ2n) is 5.53. The van der Waals surface area contributed by atoms with Crippen LogP contribution in [0.2, 0.25) is 0 Å². The molecule has 0 atom stereocenters. The summed E-state index contributed by atoms with van der Waals surface area (Å²) in [5.74, 6) is 0.328. The van der Waals surface area contributed by atoms with Crippen molar-refractivity contribution in [1.29, 1.82) is 0 Å². The molecule has 0 spiro atoms. The Morgan fingerprint density at radius 3 is 2.79 bits per heavy atom. The van der Waals surface area contributed by atoms with Crippen molar-refractivity contribution in [1.82, 2.24) is 9.47 Å². The highest BCUT2D eigenvalue weighted by Gasteiger charge is 2.22. The van der Waals surface area contributed by atoms with Gasteiger partial charge in [-0.25, -0.2) is 0 Å². The van der Waals surface area contributed by atoms with E-state index in [1.807, 2.05) is 0 Å². The predicted octanol–water partition coefficient (Wildman–Crippen LogP) is 1.65. The van der Waals surface area contributed by atoms with E-state index < -0.39 is 0 Å². The van der Waals surface area contributed by atoms with E-state index in [4.69, 9.17) is 4.74 Å². The van der Waals surface area contributed by atoms with Crippen molar-refractivity contribution in [3.63, 3.8) is 0 Å². The molecule has 0 saturated carbocycles. The number of ketones is 1. The van der Waals surface area contributed by atoms with Gasteiger partial charge in [0.2, 0.25) is 0 Å². The highest BCUT2D eigenvalue weighted by atomic mass is 16.5. The molecule has 1 saturated heterocycles. The monoisotopic (exact) mass is 262 g/mol. The molecule has 1 aliphatic heterocycles. The van der Waals surface area contributed by atoms with Crippen LogP contribution in [0.4, 0.5) is 0 Å². The lowest BCUT2D eigenvalue weighted by molar-refractivity contribution is 0.0362. The highest BCUT2D eigenvalue weighted by molar-refractivity contribution is 5.98. The zero-order chi connectivity index (χ0) is 13.2. The maximum absolute atomic E-state index is 11.9. The molecule has 104 valence electrons. The van der Waals surface area contributed by atoms with Crippen LogP contribution in [-0.4, -0.2) is 48.1 Å². The fourth-order valence-electron chi connectivity index (χ4n) is 3.17. The van der Waals surface area contributed by atoms with Crippen molar-refractivity contribution in [3.8, 4) is 0 Å². The Hall–Kier alpha value is -1.13. The number of morpholine rings is 1. The summed E-state index contributed by atoms with van der Waals surface area (Å²) in [7, 11) is 0. The Balaban J connectivity index is 1.72. The van der Waals surface area contributed by atoms with Gasteiger partial charge in [-0.3, -0.25) is 9.69 Å². The van der Waals surface area contributed by atoms with E-state index in [1.165, 1.54) is 11.4 Å². The van der Waals surface area contributed by atoms with Crippen molar-refractivity contribution in [2.75, 3.05) is 32.8 Å². The number of rotatable bonds is 3. The molecule has 0 unspecified atom stereocenters. The molecular formula is C15H22N2O2. The average Bonchev–Trinajstić information content (AvgIpc) is 2.75. The van der Waals surface area contributed by atoms with E-state index in [0.717, 1.165) is 64.2 Å². The Morgan fingerprint density at radius 2 is 2.00 bits per heavy atom. The van der Waals surface area contributed by atoms with Crippen LogP contribution in [0.1, 0.15) is 34.6 Å². The van der Waals surface area contributed by atoms with E-state index >= 15 is 0 Å². The topological polar surface area (TPSA) is 34.5 Å². The summed E-state index contributed by atoms with van der Waals surface area (Å²) < 4.78 is 7.72. The van der Waals surface area contributed by atoms with Crippen molar-refractivity contribution < 1.29 is 9.53 Å². The molecular weight excluding hydrogens is 240 g/mol. The van der Waals surface area contributed by atoms with Gasteiger partial charge in [0.15, 0.2) is 5.78 Å². The van der Waals surface area contributed by atoms with Crippen LogP contribution < -0.4 is 0 Å². The van der Waals surface area contributed by atoms with Crippen molar-refractivity contribution in [2.45, 2.75) is 32.7 Å². The largest absolute Gasteiger partial charge is 0.379 e. The van der Waals surface area contributed by atoms with E-state index in [-0.39, 0.29) is 0 Å². The quantitative estimate of drug-likeness (QED) is 0.830. The number of aromatic nitrogens is 1. The summed E-state index contributed by atoms with van der Waals surface area (Å²) in [6.45, 7) is 7.92. The third-order valence-electron chi connectivity index (χ3n) is 4.28. The Morgan fingerprint density at radius 1 is 1.21 bits per heavy atom. The lowest BCUT2D eigenvalue weighted by atomic mass is 9.97. The van der Waals surface area contributed by atoms with Gasteiger partial charge in [-0.15, -0.1) is 0 Å². The van der Waals surface area contributed by atoms with Gasteiger partial charge in [0.25, 0.3) is 0 Å². The third-order valence-corrected chi connectivity index (χ3v) is 4.28. The molecule has 0 N–H and O–H groups in total. The number of fused-ring (bicyclic) bond motifs is 1. The van der Waals surface area contributed by atoms with Gasteiger partial charge in [-0.05, 0) is 25.8 Å². The molecule has 2 heterocycles.